The molecule has 0 unspecified atom stereocenters. The van der Waals surface area contributed by atoms with Gasteiger partial charge in [-0.05, 0) is 12.1 Å². The summed E-state index contributed by atoms with van der Waals surface area (Å²) in [4.78, 5) is 3.72. The van der Waals surface area contributed by atoms with Crippen LogP contribution in [0.2, 0.25) is 0 Å². The lowest BCUT2D eigenvalue weighted by Gasteiger charge is -1.99. The predicted octanol–water partition coefficient (Wildman–Crippen LogP) is 0.107. The number of hydrogen-bond acceptors (Lipinski definition) is 3. The fraction of sp³-hybridized carbons (Fsp3) is 0. The molecule has 0 aromatic heterocycles. The molecule has 0 aliphatic rings. The Hall–Kier alpha value is -2.13. The van der Waals surface area contributed by atoms with Crippen molar-refractivity contribution in [3.63, 3.8) is 0 Å². The van der Waals surface area contributed by atoms with Crippen LogP contribution in [-0.4, -0.2) is 5.96 Å². The molecule has 14 heavy (non-hydrogen) atoms. The molecular weight excluding hydrogens is 185 g/mol. The number of guanidine groups is 1. The van der Waals surface area contributed by atoms with Gasteiger partial charge in [-0.25, -0.2) is 15.2 Å². The Morgan fingerprint density at radius 1 is 1.57 bits per heavy atom. The van der Waals surface area contributed by atoms with E-state index in [4.69, 9.17) is 16.8 Å². The first kappa shape index (κ1) is 9.95. The van der Waals surface area contributed by atoms with Crippen LogP contribution in [0.4, 0.5) is 10.1 Å². The molecule has 0 bridgehead atoms. The first-order valence-electron chi connectivity index (χ1n) is 3.68. The maximum atomic E-state index is 13.0. The van der Waals surface area contributed by atoms with Gasteiger partial charge in [0.2, 0.25) is 5.96 Å². The number of rotatable bonds is 1. The number of nitrogens with one attached hydrogen (secondary N) is 1. The van der Waals surface area contributed by atoms with Gasteiger partial charge in [0.1, 0.15) is 11.9 Å². The number of hydrogen-bond donors (Lipinski definition) is 3. The fourth-order valence-corrected chi connectivity index (χ4v) is 0.836. The highest BCUT2D eigenvalue weighted by molar-refractivity contribution is 5.80. The molecule has 0 saturated heterocycles. The summed E-state index contributed by atoms with van der Waals surface area (Å²) in [5.41, 5.74) is 7.60. The molecule has 5 N–H and O–H groups in total. The normalized spacial score (nSPS) is 10.8. The average Bonchev–Trinajstić information content (AvgIpc) is 2.18. The van der Waals surface area contributed by atoms with Crippen LogP contribution >= 0.6 is 0 Å². The van der Waals surface area contributed by atoms with E-state index >= 15 is 0 Å². The maximum Gasteiger partial charge on any atom is 0.208 e. The number of nitrogens with zero attached hydrogens (tertiary/aromatic N) is 2. The van der Waals surface area contributed by atoms with Crippen LogP contribution in [0, 0.1) is 17.1 Å². The topological polar surface area (TPSA) is 100 Å². The quantitative estimate of drug-likeness (QED) is 0.255. The van der Waals surface area contributed by atoms with Crippen molar-refractivity contribution in [1.29, 1.82) is 5.26 Å². The molecule has 0 fully saturated rings. The molecule has 1 aromatic rings. The highest BCUT2D eigenvalue weighted by Crippen LogP contribution is 2.16. The van der Waals surface area contributed by atoms with Gasteiger partial charge < -0.3 is 5.73 Å². The average molecular weight is 193 g/mol. The van der Waals surface area contributed by atoms with Crippen LogP contribution in [0.15, 0.2) is 23.2 Å². The summed E-state index contributed by atoms with van der Waals surface area (Å²) < 4.78 is 13.0. The lowest BCUT2D eigenvalue weighted by atomic mass is 10.2. The van der Waals surface area contributed by atoms with Crippen LogP contribution in [0.3, 0.4) is 0 Å². The number of nitrogens with two attached hydrogens (primary N) is 2. The van der Waals surface area contributed by atoms with Crippen molar-refractivity contribution in [3.05, 3.63) is 29.6 Å². The zero-order valence-electron chi connectivity index (χ0n) is 7.16. The summed E-state index contributed by atoms with van der Waals surface area (Å²) in [6.45, 7) is 0. The van der Waals surface area contributed by atoms with Gasteiger partial charge in [-0.15, -0.1) is 0 Å². The van der Waals surface area contributed by atoms with Crippen LogP contribution < -0.4 is 17.0 Å². The minimum absolute atomic E-state index is 0.0332. The third-order valence-corrected chi connectivity index (χ3v) is 1.47. The number of aliphatic imine (C=N–C) groups is 1. The van der Waals surface area contributed by atoms with Crippen molar-refractivity contribution in [1.82, 2.24) is 5.43 Å². The van der Waals surface area contributed by atoms with Crippen LogP contribution in [-0.2, 0) is 0 Å². The molecule has 0 amide bonds. The van der Waals surface area contributed by atoms with Gasteiger partial charge in [0.25, 0.3) is 0 Å². The standard InChI is InChI=1S/C8H8FN5/c9-7-3-6(13-8(11)14-12)2-1-5(7)4-10/h1-3H,12H2,(H3,11,13,14). The molecule has 6 heteroatoms. The largest absolute Gasteiger partial charge is 0.369 e. The van der Waals surface area contributed by atoms with Gasteiger partial charge in [0, 0.05) is 6.07 Å². The van der Waals surface area contributed by atoms with E-state index in [0.717, 1.165) is 6.07 Å². The highest BCUT2D eigenvalue weighted by atomic mass is 19.1. The van der Waals surface area contributed by atoms with E-state index in [2.05, 4.69) is 10.4 Å². The summed E-state index contributed by atoms with van der Waals surface area (Å²) in [7, 11) is 0. The monoisotopic (exact) mass is 193 g/mol. The van der Waals surface area contributed by atoms with E-state index in [-0.39, 0.29) is 17.2 Å². The third kappa shape index (κ3) is 2.18. The van der Waals surface area contributed by atoms with Crippen LogP contribution in [0.1, 0.15) is 5.56 Å². The van der Waals surface area contributed by atoms with Gasteiger partial charge in [0.05, 0.1) is 11.3 Å². The molecule has 0 saturated carbocycles. The Labute approximate surface area is 79.8 Å². The van der Waals surface area contributed by atoms with E-state index in [9.17, 15) is 4.39 Å². The molecule has 0 atom stereocenters. The third-order valence-electron chi connectivity index (χ3n) is 1.47. The SMILES string of the molecule is N#Cc1ccc(N=C(N)NN)cc1F. The van der Waals surface area contributed by atoms with Crippen molar-refractivity contribution < 1.29 is 4.39 Å². The Morgan fingerprint density at radius 3 is 2.79 bits per heavy atom. The molecule has 1 rings (SSSR count). The second-order valence-corrected chi connectivity index (χ2v) is 2.42. The number of halogens is 1. The highest BCUT2D eigenvalue weighted by Gasteiger charge is 2.01. The summed E-state index contributed by atoms with van der Waals surface area (Å²) in [5.74, 6) is 4.29. The predicted molar refractivity (Wildman–Crippen MR) is 49.7 cm³/mol. The molecule has 72 valence electrons. The molecule has 5 nitrogen and oxygen atoms in total. The summed E-state index contributed by atoms with van der Waals surface area (Å²) in [5, 5.41) is 8.45. The first-order valence-corrected chi connectivity index (χ1v) is 3.68. The van der Waals surface area contributed by atoms with E-state index in [1.807, 2.05) is 0 Å². The molecule has 0 radical (unpaired) electrons. The van der Waals surface area contributed by atoms with Crippen molar-refractivity contribution in [2.24, 2.45) is 16.6 Å². The summed E-state index contributed by atoms with van der Waals surface area (Å²) in [6.07, 6.45) is 0. The molecule has 0 heterocycles. The van der Waals surface area contributed by atoms with Gasteiger partial charge in [-0.3, -0.25) is 5.43 Å². The number of benzene rings is 1. The van der Waals surface area contributed by atoms with Crippen LogP contribution in [0.5, 0.6) is 0 Å². The van der Waals surface area contributed by atoms with E-state index < -0.39 is 5.82 Å². The minimum Gasteiger partial charge on any atom is -0.369 e. The zero-order valence-corrected chi connectivity index (χ0v) is 7.16. The van der Waals surface area contributed by atoms with Gasteiger partial charge in [-0.2, -0.15) is 5.26 Å². The Morgan fingerprint density at radius 2 is 2.29 bits per heavy atom. The molecule has 0 aliphatic heterocycles. The Bertz CT molecular complexity index is 407. The van der Waals surface area contributed by atoms with Crippen molar-refractivity contribution in [2.45, 2.75) is 0 Å². The van der Waals surface area contributed by atoms with Gasteiger partial charge in [-0.1, -0.05) is 0 Å². The van der Waals surface area contributed by atoms with Crippen molar-refractivity contribution in [2.75, 3.05) is 0 Å². The molecule has 1 aromatic carbocycles. The first-order chi connectivity index (χ1) is 6.67. The molecular formula is C8H8FN5. The second-order valence-electron chi connectivity index (χ2n) is 2.42. The minimum atomic E-state index is -0.640. The molecule has 0 aliphatic carbocycles. The van der Waals surface area contributed by atoms with E-state index in [0.29, 0.717) is 0 Å². The maximum absolute atomic E-state index is 13.0. The van der Waals surface area contributed by atoms with Crippen molar-refractivity contribution >= 4 is 11.6 Å². The van der Waals surface area contributed by atoms with Gasteiger partial charge in [0.15, 0.2) is 0 Å². The van der Waals surface area contributed by atoms with Crippen LogP contribution in [0.25, 0.3) is 0 Å². The summed E-state index contributed by atoms with van der Waals surface area (Å²) in [6, 6.07) is 5.58. The lowest BCUT2D eigenvalue weighted by molar-refractivity contribution is 0.624. The van der Waals surface area contributed by atoms with E-state index in [1.165, 1.54) is 12.1 Å². The lowest BCUT2D eigenvalue weighted by Crippen LogP contribution is -2.36. The van der Waals surface area contributed by atoms with E-state index in [1.54, 1.807) is 6.07 Å². The second kappa shape index (κ2) is 4.20. The fourth-order valence-electron chi connectivity index (χ4n) is 0.836. The van der Waals surface area contributed by atoms with Crippen molar-refractivity contribution in [3.8, 4) is 6.07 Å². The smallest absolute Gasteiger partial charge is 0.208 e. The number of hydrazine groups is 1. The zero-order chi connectivity index (χ0) is 10.6. The molecule has 0 spiro atoms. The van der Waals surface area contributed by atoms with Gasteiger partial charge >= 0.3 is 0 Å². The summed E-state index contributed by atoms with van der Waals surface area (Å²) >= 11 is 0. The number of nitriles is 1. The Balaban J connectivity index is 3.05. The Kier molecular flexibility index (Phi) is 2.99.